The summed E-state index contributed by atoms with van der Waals surface area (Å²) in [4.78, 5) is 14.0. The Kier molecular flexibility index (Phi) is 5.61. The number of benzene rings is 1. The second kappa shape index (κ2) is 7.90. The highest BCUT2D eigenvalue weighted by atomic mass is 32.2. The van der Waals surface area contributed by atoms with Gasteiger partial charge in [-0.2, -0.15) is 0 Å². The molecule has 1 aromatic carbocycles. The van der Waals surface area contributed by atoms with Crippen molar-refractivity contribution < 1.29 is 8.42 Å². The van der Waals surface area contributed by atoms with E-state index in [4.69, 9.17) is 0 Å². The summed E-state index contributed by atoms with van der Waals surface area (Å²) in [7, 11) is 0.809. The van der Waals surface area contributed by atoms with E-state index in [0.717, 1.165) is 23.0 Å². The average molecular weight is 375 g/mol. The Morgan fingerprint density at radius 2 is 2.15 bits per heavy atom. The molecule has 1 aliphatic rings. The second-order valence-electron chi connectivity index (χ2n) is 6.66. The van der Waals surface area contributed by atoms with Gasteiger partial charge >= 0.3 is 0 Å². The summed E-state index contributed by atoms with van der Waals surface area (Å²) < 4.78 is 23.1. The molecule has 0 saturated carbocycles. The first kappa shape index (κ1) is 18.4. The van der Waals surface area contributed by atoms with E-state index in [0.29, 0.717) is 25.3 Å². The fourth-order valence-electron chi connectivity index (χ4n) is 3.16. The Morgan fingerprint density at radius 1 is 1.38 bits per heavy atom. The number of nitrogens with one attached hydrogen (secondary N) is 2. The first-order chi connectivity index (χ1) is 12.5. The number of rotatable bonds is 5. The van der Waals surface area contributed by atoms with Gasteiger partial charge in [0.15, 0.2) is 15.8 Å². The van der Waals surface area contributed by atoms with E-state index in [2.05, 4.69) is 20.3 Å². The molecule has 2 N–H and O–H groups in total. The molecule has 140 valence electrons. The number of aliphatic imine (C=N–C) groups is 1. The standard InChI is InChI=1S/C18H25N5O2S/c1-19-18(21-10-14-8-9-26(24,25)13-14)23(2)12-17-20-11-16(22-17)15-6-4-3-5-7-15/h3-7,11,14H,8-10,12-13H2,1-2H3,(H,19,21)(H,20,22). The molecular formula is C18H25N5O2S. The maximum absolute atomic E-state index is 11.6. The molecule has 26 heavy (non-hydrogen) atoms. The summed E-state index contributed by atoms with van der Waals surface area (Å²) in [5.74, 6) is 2.28. The van der Waals surface area contributed by atoms with Crippen molar-refractivity contribution >= 4 is 15.8 Å². The number of aromatic nitrogens is 2. The zero-order chi connectivity index (χ0) is 18.6. The van der Waals surface area contributed by atoms with Crippen LogP contribution in [0.2, 0.25) is 0 Å². The van der Waals surface area contributed by atoms with Gasteiger partial charge in [-0.05, 0) is 17.9 Å². The fourth-order valence-corrected chi connectivity index (χ4v) is 5.02. The van der Waals surface area contributed by atoms with Gasteiger partial charge in [-0.1, -0.05) is 30.3 Å². The predicted molar refractivity (Wildman–Crippen MR) is 104 cm³/mol. The van der Waals surface area contributed by atoms with Crippen LogP contribution in [0.5, 0.6) is 0 Å². The van der Waals surface area contributed by atoms with Crippen molar-refractivity contribution in [3.63, 3.8) is 0 Å². The molecule has 1 fully saturated rings. The third-order valence-electron chi connectivity index (χ3n) is 4.55. The monoisotopic (exact) mass is 375 g/mol. The van der Waals surface area contributed by atoms with Crippen LogP contribution in [-0.4, -0.2) is 61.4 Å². The minimum atomic E-state index is -2.85. The van der Waals surface area contributed by atoms with Crippen molar-refractivity contribution in [1.82, 2.24) is 20.2 Å². The molecule has 0 amide bonds. The van der Waals surface area contributed by atoms with Crippen LogP contribution in [0.25, 0.3) is 11.3 Å². The van der Waals surface area contributed by atoms with E-state index in [1.165, 1.54) is 0 Å². The predicted octanol–water partition coefficient (Wildman–Crippen LogP) is 1.52. The lowest BCUT2D eigenvalue weighted by atomic mass is 10.1. The highest BCUT2D eigenvalue weighted by Gasteiger charge is 2.27. The molecule has 1 aliphatic heterocycles. The van der Waals surface area contributed by atoms with Crippen molar-refractivity contribution in [2.45, 2.75) is 13.0 Å². The van der Waals surface area contributed by atoms with Crippen LogP contribution in [0.4, 0.5) is 0 Å². The molecule has 0 aliphatic carbocycles. The van der Waals surface area contributed by atoms with Crippen LogP contribution in [0.3, 0.4) is 0 Å². The van der Waals surface area contributed by atoms with Gasteiger partial charge in [-0.25, -0.2) is 13.4 Å². The van der Waals surface area contributed by atoms with E-state index in [-0.39, 0.29) is 11.7 Å². The van der Waals surface area contributed by atoms with E-state index in [1.807, 2.05) is 48.5 Å². The number of H-pyrrole nitrogens is 1. The lowest BCUT2D eigenvalue weighted by molar-refractivity contribution is 0.453. The van der Waals surface area contributed by atoms with Gasteiger partial charge in [-0.3, -0.25) is 4.99 Å². The molecule has 1 aromatic heterocycles. The molecule has 0 bridgehead atoms. The third-order valence-corrected chi connectivity index (χ3v) is 6.39. The summed E-state index contributed by atoms with van der Waals surface area (Å²) in [5, 5.41) is 3.28. The molecule has 0 radical (unpaired) electrons. The summed E-state index contributed by atoms with van der Waals surface area (Å²) in [6.45, 7) is 1.19. The van der Waals surface area contributed by atoms with E-state index < -0.39 is 9.84 Å². The van der Waals surface area contributed by atoms with Gasteiger partial charge < -0.3 is 15.2 Å². The van der Waals surface area contributed by atoms with Crippen molar-refractivity contribution in [1.29, 1.82) is 0 Å². The minimum absolute atomic E-state index is 0.151. The molecule has 1 unspecified atom stereocenters. The Balaban J connectivity index is 1.56. The van der Waals surface area contributed by atoms with E-state index in [9.17, 15) is 8.42 Å². The number of guanidine groups is 1. The van der Waals surface area contributed by atoms with Gasteiger partial charge in [0.25, 0.3) is 0 Å². The maximum Gasteiger partial charge on any atom is 0.193 e. The second-order valence-corrected chi connectivity index (χ2v) is 8.89. The SMILES string of the molecule is CN=C(NCC1CCS(=O)(=O)C1)N(C)Cc1ncc(-c2ccccc2)[nH]1. The van der Waals surface area contributed by atoms with Gasteiger partial charge in [0.2, 0.25) is 0 Å². The average Bonchev–Trinajstić information content (AvgIpc) is 3.22. The number of hydrogen-bond acceptors (Lipinski definition) is 4. The molecule has 2 heterocycles. The van der Waals surface area contributed by atoms with Crippen LogP contribution in [-0.2, 0) is 16.4 Å². The normalized spacial score (nSPS) is 19.5. The molecule has 2 aromatic rings. The van der Waals surface area contributed by atoms with Gasteiger partial charge in [0.1, 0.15) is 5.82 Å². The van der Waals surface area contributed by atoms with Crippen molar-refractivity contribution in [2.75, 3.05) is 32.1 Å². The smallest absolute Gasteiger partial charge is 0.193 e. The number of sulfone groups is 1. The van der Waals surface area contributed by atoms with Crippen molar-refractivity contribution in [3.05, 3.63) is 42.4 Å². The number of nitrogens with zero attached hydrogens (tertiary/aromatic N) is 3. The highest BCUT2D eigenvalue weighted by Crippen LogP contribution is 2.18. The number of aromatic amines is 1. The molecule has 8 heteroatoms. The molecule has 7 nitrogen and oxygen atoms in total. The first-order valence-corrected chi connectivity index (χ1v) is 10.5. The van der Waals surface area contributed by atoms with Crippen LogP contribution in [0, 0.1) is 5.92 Å². The van der Waals surface area contributed by atoms with Crippen LogP contribution < -0.4 is 5.32 Å². The highest BCUT2D eigenvalue weighted by molar-refractivity contribution is 7.91. The van der Waals surface area contributed by atoms with Crippen LogP contribution in [0.1, 0.15) is 12.2 Å². The van der Waals surface area contributed by atoms with Gasteiger partial charge in [0.05, 0.1) is 29.9 Å². The molecule has 0 spiro atoms. The van der Waals surface area contributed by atoms with E-state index in [1.54, 1.807) is 7.05 Å². The number of hydrogen-bond donors (Lipinski definition) is 2. The van der Waals surface area contributed by atoms with Crippen molar-refractivity contribution in [2.24, 2.45) is 10.9 Å². The Morgan fingerprint density at radius 3 is 2.81 bits per heavy atom. The fraction of sp³-hybridized carbons (Fsp3) is 0.444. The van der Waals surface area contributed by atoms with Crippen LogP contribution in [0.15, 0.2) is 41.5 Å². The van der Waals surface area contributed by atoms with Gasteiger partial charge in [-0.15, -0.1) is 0 Å². The lowest BCUT2D eigenvalue weighted by Gasteiger charge is -2.22. The lowest BCUT2D eigenvalue weighted by Crippen LogP contribution is -2.41. The van der Waals surface area contributed by atoms with E-state index >= 15 is 0 Å². The summed E-state index contributed by atoms with van der Waals surface area (Å²) in [6, 6.07) is 10.1. The largest absolute Gasteiger partial charge is 0.356 e. The summed E-state index contributed by atoms with van der Waals surface area (Å²) in [6.07, 6.45) is 2.55. The molecule has 1 saturated heterocycles. The first-order valence-electron chi connectivity index (χ1n) is 8.68. The maximum atomic E-state index is 11.6. The minimum Gasteiger partial charge on any atom is -0.356 e. The molecule has 1 atom stereocenters. The Labute approximate surface area is 154 Å². The summed E-state index contributed by atoms with van der Waals surface area (Å²) >= 11 is 0. The van der Waals surface area contributed by atoms with Crippen LogP contribution >= 0.6 is 0 Å². The van der Waals surface area contributed by atoms with Gasteiger partial charge in [0, 0.05) is 20.6 Å². The zero-order valence-corrected chi connectivity index (χ0v) is 16.0. The Bertz CT molecular complexity index is 861. The Hall–Kier alpha value is -2.35. The zero-order valence-electron chi connectivity index (χ0n) is 15.1. The molecular weight excluding hydrogens is 350 g/mol. The quantitative estimate of drug-likeness (QED) is 0.611. The third kappa shape index (κ3) is 4.63. The van der Waals surface area contributed by atoms with Crippen molar-refractivity contribution in [3.8, 4) is 11.3 Å². The topological polar surface area (TPSA) is 90.4 Å². The molecule has 3 rings (SSSR count). The number of imidazole rings is 1. The summed E-state index contributed by atoms with van der Waals surface area (Å²) in [5.41, 5.74) is 2.08.